The van der Waals surface area contributed by atoms with Crippen LogP contribution < -0.4 is 10.1 Å². The first-order valence-corrected chi connectivity index (χ1v) is 7.79. The molecule has 0 fully saturated rings. The van der Waals surface area contributed by atoms with Gasteiger partial charge in [-0.15, -0.1) is 0 Å². The second kappa shape index (κ2) is 8.30. The summed E-state index contributed by atoms with van der Waals surface area (Å²) in [6.45, 7) is 1.38. The maximum atomic E-state index is 12.2. The van der Waals surface area contributed by atoms with Crippen molar-refractivity contribution >= 4 is 34.9 Å². The maximum absolute atomic E-state index is 12.2. The van der Waals surface area contributed by atoms with E-state index in [0.29, 0.717) is 5.75 Å². The quantitative estimate of drug-likeness (QED) is 0.468. The molecule has 1 atom stereocenters. The van der Waals surface area contributed by atoms with E-state index in [0.717, 1.165) is 6.07 Å². The molecule has 0 saturated heterocycles. The van der Waals surface area contributed by atoms with E-state index in [2.05, 4.69) is 5.32 Å². The molecule has 8 nitrogen and oxygen atoms in total. The summed E-state index contributed by atoms with van der Waals surface area (Å²) in [5.74, 6) is -0.789. The SMILES string of the molecule is COc1ccc(C(=O)OC(C)C(=O)Nc2cc([N+](=O)[O-])ccc2Cl)cc1. The van der Waals surface area contributed by atoms with Crippen LogP contribution >= 0.6 is 11.6 Å². The molecule has 136 valence electrons. The molecule has 0 aromatic heterocycles. The Morgan fingerprint density at radius 3 is 2.42 bits per heavy atom. The van der Waals surface area contributed by atoms with Crippen molar-refractivity contribution in [2.45, 2.75) is 13.0 Å². The predicted octanol–water partition coefficient (Wildman–Crippen LogP) is 3.44. The number of anilines is 1. The van der Waals surface area contributed by atoms with Crippen molar-refractivity contribution in [3.05, 3.63) is 63.2 Å². The van der Waals surface area contributed by atoms with Crippen LogP contribution in [0.15, 0.2) is 42.5 Å². The van der Waals surface area contributed by atoms with Crippen LogP contribution in [0.1, 0.15) is 17.3 Å². The van der Waals surface area contributed by atoms with Gasteiger partial charge < -0.3 is 14.8 Å². The van der Waals surface area contributed by atoms with Gasteiger partial charge in [-0.2, -0.15) is 0 Å². The third-order valence-corrected chi connectivity index (χ3v) is 3.73. The van der Waals surface area contributed by atoms with E-state index < -0.39 is 22.9 Å². The number of rotatable bonds is 6. The molecule has 2 aromatic rings. The number of carbonyl (C=O) groups is 2. The van der Waals surface area contributed by atoms with Crippen molar-refractivity contribution in [1.29, 1.82) is 0 Å². The minimum absolute atomic E-state index is 0.0539. The fraction of sp³-hybridized carbons (Fsp3) is 0.176. The van der Waals surface area contributed by atoms with E-state index >= 15 is 0 Å². The molecule has 26 heavy (non-hydrogen) atoms. The predicted molar refractivity (Wildman–Crippen MR) is 94.6 cm³/mol. The Balaban J connectivity index is 2.04. The van der Waals surface area contributed by atoms with Gasteiger partial charge in [-0.05, 0) is 37.3 Å². The number of nitrogens with one attached hydrogen (secondary N) is 1. The fourth-order valence-electron chi connectivity index (χ4n) is 1.97. The topological polar surface area (TPSA) is 108 Å². The molecule has 1 unspecified atom stereocenters. The number of hydrogen-bond donors (Lipinski definition) is 1. The summed E-state index contributed by atoms with van der Waals surface area (Å²) >= 11 is 5.92. The molecule has 9 heteroatoms. The second-order valence-electron chi connectivity index (χ2n) is 5.19. The van der Waals surface area contributed by atoms with Crippen LogP contribution in [-0.2, 0) is 9.53 Å². The molecule has 1 N–H and O–H groups in total. The molecule has 1 amide bonds. The Kier molecular flexibility index (Phi) is 6.13. The smallest absolute Gasteiger partial charge is 0.338 e. The van der Waals surface area contributed by atoms with Crippen molar-refractivity contribution in [2.24, 2.45) is 0 Å². The molecule has 0 heterocycles. The summed E-state index contributed by atoms with van der Waals surface area (Å²) in [5, 5.41) is 13.3. The zero-order valence-electron chi connectivity index (χ0n) is 13.9. The molecule has 0 radical (unpaired) electrons. The van der Waals surface area contributed by atoms with Gasteiger partial charge in [0.1, 0.15) is 5.75 Å². The number of carbonyl (C=O) groups excluding carboxylic acids is 2. The number of nitrogens with zero attached hydrogens (tertiary/aromatic N) is 1. The third kappa shape index (κ3) is 4.70. The van der Waals surface area contributed by atoms with Gasteiger partial charge in [0, 0.05) is 12.1 Å². The summed E-state index contributed by atoms with van der Waals surface area (Å²) in [7, 11) is 1.50. The molecule has 0 bridgehead atoms. The Morgan fingerprint density at radius 2 is 1.85 bits per heavy atom. The number of hydrogen-bond acceptors (Lipinski definition) is 6. The zero-order valence-corrected chi connectivity index (χ0v) is 14.6. The highest BCUT2D eigenvalue weighted by molar-refractivity contribution is 6.33. The average Bonchev–Trinajstić information content (AvgIpc) is 2.63. The van der Waals surface area contributed by atoms with E-state index in [1.165, 1.54) is 38.3 Å². The van der Waals surface area contributed by atoms with Gasteiger partial charge in [-0.1, -0.05) is 11.6 Å². The first-order valence-electron chi connectivity index (χ1n) is 7.41. The molecule has 0 aliphatic carbocycles. The van der Waals surface area contributed by atoms with Gasteiger partial charge in [0.2, 0.25) is 0 Å². The van der Waals surface area contributed by atoms with Crippen molar-refractivity contribution < 1.29 is 24.0 Å². The van der Waals surface area contributed by atoms with E-state index in [9.17, 15) is 19.7 Å². The van der Waals surface area contributed by atoms with Crippen molar-refractivity contribution in [3.63, 3.8) is 0 Å². The summed E-state index contributed by atoms with van der Waals surface area (Å²) in [6.07, 6.45) is -1.14. The molecule has 2 aromatic carbocycles. The Labute approximate surface area is 153 Å². The first-order chi connectivity index (χ1) is 12.3. The highest BCUT2D eigenvalue weighted by atomic mass is 35.5. The summed E-state index contributed by atoms with van der Waals surface area (Å²) in [6, 6.07) is 9.81. The van der Waals surface area contributed by atoms with Crippen LogP contribution in [0.3, 0.4) is 0 Å². The van der Waals surface area contributed by atoms with E-state index in [4.69, 9.17) is 21.1 Å². The number of nitro groups is 1. The number of amides is 1. The number of non-ortho nitro benzene ring substituents is 1. The van der Waals surface area contributed by atoms with Gasteiger partial charge >= 0.3 is 5.97 Å². The van der Waals surface area contributed by atoms with Gasteiger partial charge in [0.15, 0.2) is 6.10 Å². The number of methoxy groups -OCH3 is 1. The molecule has 0 saturated carbocycles. The van der Waals surface area contributed by atoms with Gasteiger partial charge in [0.05, 0.1) is 28.3 Å². The zero-order chi connectivity index (χ0) is 19.3. The fourth-order valence-corrected chi connectivity index (χ4v) is 2.13. The number of nitro benzene ring substituents is 1. The number of benzene rings is 2. The normalized spacial score (nSPS) is 11.3. The van der Waals surface area contributed by atoms with Gasteiger partial charge in [-0.3, -0.25) is 14.9 Å². The second-order valence-corrected chi connectivity index (χ2v) is 5.59. The first kappa shape index (κ1) is 19.2. The average molecular weight is 379 g/mol. The monoisotopic (exact) mass is 378 g/mol. The number of esters is 1. The highest BCUT2D eigenvalue weighted by Crippen LogP contribution is 2.27. The third-order valence-electron chi connectivity index (χ3n) is 3.40. The maximum Gasteiger partial charge on any atom is 0.338 e. The highest BCUT2D eigenvalue weighted by Gasteiger charge is 2.21. The Bertz CT molecular complexity index is 838. The van der Waals surface area contributed by atoms with Crippen LogP contribution in [0.4, 0.5) is 11.4 Å². The summed E-state index contributed by atoms with van der Waals surface area (Å²) < 4.78 is 10.1. The minimum Gasteiger partial charge on any atom is -0.497 e. The lowest BCUT2D eigenvalue weighted by Crippen LogP contribution is -2.30. The van der Waals surface area contributed by atoms with Crippen LogP contribution in [-0.4, -0.2) is 30.0 Å². The molecule has 0 aliphatic rings. The summed E-state index contributed by atoms with van der Waals surface area (Å²) in [5.41, 5.74) is 0.0737. The lowest BCUT2D eigenvalue weighted by molar-refractivity contribution is -0.384. The van der Waals surface area contributed by atoms with E-state index in [1.807, 2.05) is 0 Å². The Morgan fingerprint density at radius 1 is 1.19 bits per heavy atom. The van der Waals surface area contributed by atoms with Crippen LogP contribution in [0.5, 0.6) is 5.75 Å². The lowest BCUT2D eigenvalue weighted by Gasteiger charge is -2.14. The van der Waals surface area contributed by atoms with E-state index in [1.54, 1.807) is 12.1 Å². The molecule has 2 rings (SSSR count). The van der Waals surface area contributed by atoms with Gasteiger partial charge in [-0.25, -0.2) is 4.79 Å². The summed E-state index contributed by atoms with van der Waals surface area (Å²) in [4.78, 5) is 34.4. The van der Waals surface area contributed by atoms with Crippen LogP contribution in [0, 0.1) is 10.1 Å². The van der Waals surface area contributed by atoms with Crippen LogP contribution in [0.25, 0.3) is 0 Å². The number of halogens is 1. The van der Waals surface area contributed by atoms with Crippen molar-refractivity contribution in [1.82, 2.24) is 0 Å². The van der Waals surface area contributed by atoms with E-state index in [-0.39, 0.29) is 22.0 Å². The molecule has 0 spiro atoms. The number of ether oxygens (including phenoxy) is 2. The van der Waals surface area contributed by atoms with Crippen molar-refractivity contribution in [3.8, 4) is 5.75 Å². The molecule has 0 aliphatic heterocycles. The minimum atomic E-state index is -1.14. The molecular formula is C17H15ClN2O6. The van der Waals surface area contributed by atoms with Gasteiger partial charge in [0.25, 0.3) is 11.6 Å². The standard InChI is InChI=1S/C17H15ClN2O6/c1-10(26-17(22)11-3-6-13(25-2)7-4-11)16(21)19-15-9-12(20(23)24)5-8-14(15)18/h3-10H,1-2H3,(H,19,21). The Hall–Kier alpha value is -3.13. The lowest BCUT2D eigenvalue weighted by atomic mass is 10.2. The largest absolute Gasteiger partial charge is 0.497 e. The van der Waals surface area contributed by atoms with Crippen LogP contribution in [0.2, 0.25) is 5.02 Å². The molecular weight excluding hydrogens is 364 g/mol. The van der Waals surface area contributed by atoms with Crippen molar-refractivity contribution in [2.75, 3.05) is 12.4 Å².